The standard InChI is InChI=1S/C21H30O6/c1-20(2)24-14-17(25-20)19-16(26-21(3,4)27-19)13-23-18(22)12-8-11-15-9-6-5-7-10-15/h5-7,9-10,16-17,19H,8,11-14H2,1-4H3/t16-,17+,19+/m0/s1. The lowest BCUT2D eigenvalue weighted by Gasteiger charge is -2.23. The van der Waals surface area contributed by atoms with E-state index >= 15 is 0 Å². The summed E-state index contributed by atoms with van der Waals surface area (Å²) in [5, 5.41) is 0. The van der Waals surface area contributed by atoms with E-state index in [0.29, 0.717) is 13.0 Å². The van der Waals surface area contributed by atoms with Crippen molar-refractivity contribution in [3.63, 3.8) is 0 Å². The average Bonchev–Trinajstić information content (AvgIpc) is 3.12. The SMILES string of the molecule is CC1(C)O[C@@H]([C@H]2COC(C)(C)O2)[C@H](COC(=O)CCCc2ccccc2)O1. The molecule has 3 atom stereocenters. The van der Waals surface area contributed by atoms with Crippen molar-refractivity contribution in [2.45, 2.75) is 76.8 Å². The highest BCUT2D eigenvalue weighted by Gasteiger charge is 2.50. The fourth-order valence-corrected chi connectivity index (χ4v) is 3.51. The highest BCUT2D eigenvalue weighted by Crippen LogP contribution is 2.35. The summed E-state index contributed by atoms with van der Waals surface area (Å²) in [6.07, 6.45) is 1.04. The second kappa shape index (κ2) is 8.27. The first-order valence-electron chi connectivity index (χ1n) is 9.61. The molecule has 2 fully saturated rings. The van der Waals surface area contributed by atoms with Crippen LogP contribution in [0.15, 0.2) is 30.3 Å². The summed E-state index contributed by atoms with van der Waals surface area (Å²) in [6.45, 7) is 8.02. The van der Waals surface area contributed by atoms with Crippen molar-refractivity contribution in [2.75, 3.05) is 13.2 Å². The van der Waals surface area contributed by atoms with Crippen LogP contribution in [0, 0.1) is 0 Å². The molecular weight excluding hydrogens is 348 g/mol. The Morgan fingerprint density at radius 1 is 1.07 bits per heavy atom. The van der Waals surface area contributed by atoms with Crippen LogP contribution >= 0.6 is 0 Å². The molecule has 0 aliphatic carbocycles. The van der Waals surface area contributed by atoms with Gasteiger partial charge in [0.15, 0.2) is 11.6 Å². The van der Waals surface area contributed by atoms with E-state index in [1.165, 1.54) is 5.56 Å². The Morgan fingerprint density at radius 3 is 2.48 bits per heavy atom. The van der Waals surface area contributed by atoms with Crippen molar-refractivity contribution in [1.82, 2.24) is 0 Å². The molecule has 150 valence electrons. The largest absolute Gasteiger partial charge is 0.463 e. The van der Waals surface area contributed by atoms with Crippen LogP contribution in [-0.2, 0) is 34.9 Å². The lowest BCUT2D eigenvalue weighted by atomic mass is 10.1. The maximum absolute atomic E-state index is 12.1. The number of ether oxygens (including phenoxy) is 5. The fourth-order valence-electron chi connectivity index (χ4n) is 3.51. The molecule has 2 aliphatic rings. The summed E-state index contributed by atoms with van der Waals surface area (Å²) < 4.78 is 28.9. The second-order valence-electron chi connectivity index (χ2n) is 8.03. The Hall–Kier alpha value is -1.47. The van der Waals surface area contributed by atoms with Gasteiger partial charge in [0.05, 0.1) is 6.61 Å². The van der Waals surface area contributed by atoms with Gasteiger partial charge in [0.1, 0.15) is 24.9 Å². The summed E-state index contributed by atoms with van der Waals surface area (Å²) in [7, 11) is 0. The van der Waals surface area contributed by atoms with E-state index in [-0.39, 0.29) is 30.9 Å². The predicted octanol–water partition coefficient (Wildman–Crippen LogP) is 3.22. The molecule has 0 aromatic heterocycles. The third-order valence-corrected chi connectivity index (χ3v) is 4.72. The molecule has 0 radical (unpaired) electrons. The van der Waals surface area contributed by atoms with Gasteiger partial charge in [-0.2, -0.15) is 0 Å². The molecule has 6 heteroatoms. The molecule has 6 nitrogen and oxygen atoms in total. The van der Waals surface area contributed by atoms with Crippen molar-refractivity contribution in [3.05, 3.63) is 35.9 Å². The van der Waals surface area contributed by atoms with Gasteiger partial charge in [-0.1, -0.05) is 30.3 Å². The molecule has 0 spiro atoms. The summed E-state index contributed by atoms with van der Waals surface area (Å²) in [5.74, 6) is -1.60. The molecule has 2 heterocycles. The monoisotopic (exact) mass is 378 g/mol. The molecule has 0 unspecified atom stereocenters. The van der Waals surface area contributed by atoms with Gasteiger partial charge in [-0.15, -0.1) is 0 Å². The van der Waals surface area contributed by atoms with E-state index in [1.54, 1.807) is 0 Å². The third-order valence-electron chi connectivity index (χ3n) is 4.72. The van der Waals surface area contributed by atoms with Gasteiger partial charge in [0.25, 0.3) is 0 Å². The van der Waals surface area contributed by atoms with Crippen LogP contribution < -0.4 is 0 Å². The summed E-state index contributed by atoms with van der Waals surface area (Å²) in [5.41, 5.74) is 1.22. The highest BCUT2D eigenvalue weighted by molar-refractivity contribution is 5.69. The number of aryl methyl sites for hydroxylation is 1. The minimum Gasteiger partial charge on any atom is -0.463 e. The summed E-state index contributed by atoms with van der Waals surface area (Å²) in [4.78, 5) is 12.1. The molecular formula is C21H30O6. The Bertz CT molecular complexity index is 627. The number of rotatable bonds is 7. The molecule has 3 rings (SSSR count). The Kier molecular flexibility index (Phi) is 6.21. The van der Waals surface area contributed by atoms with E-state index in [0.717, 1.165) is 12.8 Å². The van der Waals surface area contributed by atoms with Gasteiger partial charge in [-0.25, -0.2) is 0 Å². The number of esters is 1. The van der Waals surface area contributed by atoms with Gasteiger partial charge in [0.2, 0.25) is 0 Å². The van der Waals surface area contributed by atoms with E-state index in [9.17, 15) is 4.79 Å². The van der Waals surface area contributed by atoms with Gasteiger partial charge >= 0.3 is 5.97 Å². The Morgan fingerprint density at radius 2 is 1.81 bits per heavy atom. The van der Waals surface area contributed by atoms with E-state index in [4.69, 9.17) is 23.7 Å². The van der Waals surface area contributed by atoms with Crippen molar-refractivity contribution in [3.8, 4) is 0 Å². The number of benzene rings is 1. The molecule has 0 saturated carbocycles. The van der Waals surface area contributed by atoms with Crippen LogP contribution in [0.3, 0.4) is 0 Å². The average molecular weight is 378 g/mol. The zero-order valence-corrected chi connectivity index (χ0v) is 16.6. The van der Waals surface area contributed by atoms with Crippen molar-refractivity contribution >= 4 is 5.97 Å². The number of hydrogen-bond acceptors (Lipinski definition) is 6. The van der Waals surface area contributed by atoms with Crippen LogP contribution in [-0.4, -0.2) is 49.1 Å². The van der Waals surface area contributed by atoms with Crippen LogP contribution in [0.2, 0.25) is 0 Å². The number of carbonyl (C=O) groups is 1. The number of carbonyl (C=O) groups excluding carboxylic acids is 1. The van der Waals surface area contributed by atoms with Crippen LogP contribution in [0.4, 0.5) is 0 Å². The molecule has 0 bridgehead atoms. The Balaban J connectivity index is 1.46. The van der Waals surface area contributed by atoms with Gasteiger partial charge < -0.3 is 23.7 Å². The van der Waals surface area contributed by atoms with Crippen LogP contribution in [0.1, 0.15) is 46.1 Å². The lowest BCUT2D eigenvalue weighted by molar-refractivity contribution is -0.175. The zero-order chi connectivity index (χ0) is 19.5. The van der Waals surface area contributed by atoms with Gasteiger partial charge in [-0.3, -0.25) is 4.79 Å². The quantitative estimate of drug-likeness (QED) is 0.679. The minimum atomic E-state index is -0.745. The number of hydrogen-bond donors (Lipinski definition) is 0. The first kappa shape index (κ1) is 20.3. The minimum absolute atomic E-state index is 0.151. The first-order valence-corrected chi connectivity index (χ1v) is 9.61. The first-order chi connectivity index (χ1) is 12.7. The summed E-state index contributed by atoms with van der Waals surface area (Å²) in [6, 6.07) is 10.1. The Labute approximate surface area is 161 Å². The van der Waals surface area contributed by atoms with Gasteiger partial charge in [0, 0.05) is 6.42 Å². The lowest BCUT2D eigenvalue weighted by Crippen LogP contribution is -2.40. The van der Waals surface area contributed by atoms with Crippen molar-refractivity contribution < 1.29 is 28.5 Å². The second-order valence-corrected chi connectivity index (χ2v) is 8.03. The van der Waals surface area contributed by atoms with Crippen LogP contribution in [0.25, 0.3) is 0 Å². The normalized spacial score (nSPS) is 29.0. The fraction of sp³-hybridized carbons (Fsp3) is 0.667. The summed E-state index contributed by atoms with van der Waals surface area (Å²) >= 11 is 0. The molecule has 0 N–H and O–H groups in total. The van der Waals surface area contributed by atoms with Crippen LogP contribution in [0.5, 0.6) is 0 Å². The van der Waals surface area contributed by atoms with Gasteiger partial charge in [-0.05, 0) is 46.1 Å². The third kappa shape index (κ3) is 5.75. The molecule has 1 aromatic carbocycles. The smallest absolute Gasteiger partial charge is 0.305 e. The maximum Gasteiger partial charge on any atom is 0.305 e. The molecule has 2 saturated heterocycles. The predicted molar refractivity (Wildman–Crippen MR) is 99.1 cm³/mol. The van der Waals surface area contributed by atoms with E-state index in [1.807, 2.05) is 45.9 Å². The molecule has 0 amide bonds. The topological polar surface area (TPSA) is 63.2 Å². The van der Waals surface area contributed by atoms with E-state index < -0.39 is 11.6 Å². The van der Waals surface area contributed by atoms with Crippen molar-refractivity contribution in [2.24, 2.45) is 0 Å². The molecule has 2 aliphatic heterocycles. The molecule has 27 heavy (non-hydrogen) atoms. The zero-order valence-electron chi connectivity index (χ0n) is 16.6. The molecule has 1 aromatic rings. The highest BCUT2D eigenvalue weighted by atomic mass is 16.8. The maximum atomic E-state index is 12.1. The van der Waals surface area contributed by atoms with Crippen molar-refractivity contribution in [1.29, 1.82) is 0 Å². The van der Waals surface area contributed by atoms with E-state index in [2.05, 4.69) is 12.1 Å².